The molecule has 1 aromatic carbocycles. The maximum Gasteiger partial charge on any atom is 0.407 e. The Hall–Kier alpha value is -2.48. The van der Waals surface area contributed by atoms with Gasteiger partial charge in [0.1, 0.15) is 11.4 Å². The molecule has 0 fully saturated rings. The largest absolute Gasteiger partial charge is 0.495 e. The number of methoxy groups -OCH3 is 1. The number of anilines is 1. The molecule has 2 N–H and O–H groups in total. The standard InChI is InChI=1S/C18H25ClN2O6/c1-11(16(23)21-13-10-12(19)6-7-14(13)25-5)26-15(22)8-9-20-17(24)27-18(2,3)4/h6-7,10-11H,8-9H2,1-5H3,(H,20,24)(H,21,23). The van der Waals surface area contributed by atoms with Crippen LogP contribution in [-0.2, 0) is 19.1 Å². The summed E-state index contributed by atoms with van der Waals surface area (Å²) in [6, 6.07) is 4.76. The van der Waals surface area contributed by atoms with E-state index >= 15 is 0 Å². The van der Waals surface area contributed by atoms with Gasteiger partial charge in [-0.3, -0.25) is 9.59 Å². The van der Waals surface area contributed by atoms with Crippen molar-refractivity contribution in [1.29, 1.82) is 0 Å². The number of halogens is 1. The monoisotopic (exact) mass is 400 g/mol. The minimum Gasteiger partial charge on any atom is -0.495 e. The van der Waals surface area contributed by atoms with Crippen molar-refractivity contribution in [2.75, 3.05) is 19.0 Å². The summed E-state index contributed by atoms with van der Waals surface area (Å²) in [6.07, 6.45) is -1.77. The Kier molecular flexibility index (Phi) is 8.36. The van der Waals surface area contributed by atoms with Crippen molar-refractivity contribution in [3.05, 3.63) is 23.2 Å². The quantitative estimate of drug-likeness (QED) is 0.681. The Morgan fingerprint density at radius 3 is 2.48 bits per heavy atom. The molecule has 0 spiro atoms. The molecule has 8 nitrogen and oxygen atoms in total. The number of esters is 1. The Labute approximate surface area is 163 Å². The zero-order valence-corrected chi connectivity index (χ0v) is 16.8. The summed E-state index contributed by atoms with van der Waals surface area (Å²) in [5.41, 5.74) is -0.261. The Bertz CT molecular complexity index is 687. The molecule has 0 radical (unpaired) electrons. The molecular weight excluding hydrogens is 376 g/mol. The molecule has 27 heavy (non-hydrogen) atoms. The van der Waals surface area contributed by atoms with Crippen LogP contribution in [0.5, 0.6) is 5.75 Å². The van der Waals surface area contributed by atoms with Crippen LogP contribution in [0.2, 0.25) is 5.02 Å². The van der Waals surface area contributed by atoms with Crippen LogP contribution in [0.3, 0.4) is 0 Å². The van der Waals surface area contributed by atoms with Crippen molar-refractivity contribution in [2.45, 2.75) is 45.8 Å². The van der Waals surface area contributed by atoms with Gasteiger partial charge in [-0.2, -0.15) is 0 Å². The molecule has 1 aromatic rings. The molecule has 9 heteroatoms. The molecular formula is C18H25ClN2O6. The van der Waals surface area contributed by atoms with E-state index in [-0.39, 0.29) is 13.0 Å². The van der Waals surface area contributed by atoms with Gasteiger partial charge in [0.15, 0.2) is 6.10 Å². The molecule has 0 aliphatic heterocycles. The summed E-state index contributed by atoms with van der Waals surface area (Å²) in [5.74, 6) is -0.747. The summed E-state index contributed by atoms with van der Waals surface area (Å²) in [4.78, 5) is 35.5. The maximum atomic E-state index is 12.2. The van der Waals surface area contributed by atoms with Crippen molar-refractivity contribution in [1.82, 2.24) is 5.32 Å². The van der Waals surface area contributed by atoms with Crippen LogP contribution in [0, 0.1) is 0 Å². The van der Waals surface area contributed by atoms with Gasteiger partial charge in [-0.25, -0.2) is 4.79 Å². The summed E-state index contributed by atoms with van der Waals surface area (Å²) < 4.78 is 15.2. The van der Waals surface area contributed by atoms with Gasteiger partial charge in [0.05, 0.1) is 19.2 Å². The normalized spacial score (nSPS) is 11.9. The number of hydrogen-bond donors (Lipinski definition) is 2. The molecule has 1 atom stereocenters. The van der Waals surface area contributed by atoms with Gasteiger partial charge in [-0.15, -0.1) is 0 Å². The lowest BCUT2D eigenvalue weighted by molar-refractivity contribution is -0.153. The average Bonchev–Trinajstić information content (AvgIpc) is 2.53. The topological polar surface area (TPSA) is 103 Å². The number of ether oxygens (including phenoxy) is 3. The van der Waals surface area contributed by atoms with Gasteiger partial charge >= 0.3 is 12.1 Å². The van der Waals surface area contributed by atoms with Crippen LogP contribution < -0.4 is 15.4 Å². The van der Waals surface area contributed by atoms with Gasteiger partial charge in [0, 0.05) is 11.6 Å². The Morgan fingerprint density at radius 2 is 1.89 bits per heavy atom. The van der Waals surface area contributed by atoms with Crippen LogP contribution in [0.15, 0.2) is 18.2 Å². The van der Waals surface area contributed by atoms with Gasteiger partial charge < -0.3 is 24.8 Å². The van der Waals surface area contributed by atoms with E-state index in [1.807, 2.05) is 0 Å². The van der Waals surface area contributed by atoms with E-state index in [1.54, 1.807) is 32.9 Å². The van der Waals surface area contributed by atoms with Crippen molar-refractivity contribution in [2.24, 2.45) is 0 Å². The molecule has 0 bridgehead atoms. The average molecular weight is 401 g/mol. The summed E-state index contributed by atoms with van der Waals surface area (Å²) in [6.45, 7) is 6.66. The van der Waals surface area contributed by atoms with Crippen LogP contribution in [-0.4, -0.2) is 43.3 Å². The van der Waals surface area contributed by atoms with E-state index in [4.69, 9.17) is 25.8 Å². The first-order valence-corrected chi connectivity index (χ1v) is 8.70. The van der Waals surface area contributed by atoms with Gasteiger partial charge in [0.25, 0.3) is 5.91 Å². The Morgan fingerprint density at radius 1 is 1.22 bits per heavy atom. The first kappa shape index (κ1) is 22.6. The second-order valence-electron chi connectivity index (χ2n) is 6.64. The minimum absolute atomic E-state index is 0.0319. The molecule has 0 aliphatic carbocycles. The predicted molar refractivity (Wildman–Crippen MR) is 101 cm³/mol. The van der Waals surface area contributed by atoms with E-state index in [9.17, 15) is 14.4 Å². The van der Waals surface area contributed by atoms with Crippen LogP contribution in [0.25, 0.3) is 0 Å². The maximum absolute atomic E-state index is 12.2. The highest BCUT2D eigenvalue weighted by Gasteiger charge is 2.20. The van der Waals surface area contributed by atoms with E-state index in [2.05, 4.69) is 10.6 Å². The molecule has 0 heterocycles. The minimum atomic E-state index is -1.04. The number of alkyl carbamates (subject to hydrolysis) is 1. The van der Waals surface area contributed by atoms with Crippen LogP contribution in [0.1, 0.15) is 34.1 Å². The third-order valence-corrected chi connectivity index (χ3v) is 3.33. The highest BCUT2D eigenvalue weighted by Crippen LogP contribution is 2.27. The smallest absolute Gasteiger partial charge is 0.407 e. The molecule has 0 saturated heterocycles. The molecule has 150 valence electrons. The number of benzene rings is 1. The lowest BCUT2D eigenvalue weighted by atomic mass is 10.2. The summed E-state index contributed by atoms with van der Waals surface area (Å²) >= 11 is 5.91. The van der Waals surface area contributed by atoms with Crippen LogP contribution in [0.4, 0.5) is 10.5 Å². The molecule has 0 aliphatic rings. The fraction of sp³-hybridized carbons (Fsp3) is 0.500. The zero-order valence-electron chi connectivity index (χ0n) is 16.1. The predicted octanol–water partition coefficient (Wildman–Crippen LogP) is 3.13. The second-order valence-corrected chi connectivity index (χ2v) is 7.08. The van der Waals surface area contributed by atoms with E-state index in [1.165, 1.54) is 20.1 Å². The van der Waals surface area contributed by atoms with Gasteiger partial charge in [0.2, 0.25) is 0 Å². The highest BCUT2D eigenvalue weighted by atomic mass is 35.5. The van der Waals surface area contributed by atoms with Crippen molar-refractivity contribution in [3.63, 3.8) is 0 Å². The van der Waals surface area contributed by atoms with Gasteiger partial charge in [-0.1, -0.05) is 11.6 Å². The second kappa shape index (κ2) is 10.0. The number of nitrogens with one attached hydrogen (secondary N) is 2. The van der Waals surface area contributed by atoms with Crippen LogP contribution >= 0.6 is 11.6 Å². The fourth-order valence-electron chi connectivity index (χ4n) is 1.90. The summed E-state index contributed by atoms with van der Waals surface area (Å²) in [7, 11) is 1.46. The first-order valence-electron chi connectivity index (χ1n) is 8.32. The Balaban J connectivity index is 2.45. The fourth-order valence-corrected chi connectivity index (χ4v) is 2.07. The molecule has 1 rings (SSSR count). The SMILES string of the molecule is COc1ccc(Cl)cc1NC(=O)C(C)OC(=O)CCNC(=O)OC(C)(C)C. The third-order valence-electron chi connectivity index (χ3n) is 3.09. The lowest BCUT2D eigenvalue weighted by Crippen LogP contribution is -2.35. The number of carbonyl (C=O) groups is 3. The van der Waals surface area contributed by atoms with E-state index in [0.717, 1.165) is 0 Å². The number of amides is 2. The number of rotatable bonds is 7. The lowest BCUT2D eigenvalue weighted by Gasteiger charge is -2.19. The molecule has 2 amide bonds. The third kappa shape index (κ3) is 8.63. The van der Waals surface area contributed by atoms with E-state index < -0.39 is 29.7 Å². The van der Waals surface area contributed by atoms with Crippen molar-refractivity contribution in [3.8, 4) is 5.75 Å². The van der Waals surface area contributed by atoms with Crippen molar-refractivity contribution < 1.29 is 28.6 Å². The highest BCUT2D eigenvalue weighted by molar-refractivity contribution is 6.31. The number of carbonyl (C=O) groups excluding carboxylic acids is 3. The summed E-state index contributed by atoms with van der Waals surface area (Å²) in [5, 5.41) is 5.45. The molecule has 1 unspecified atom stereocenters. The van der Waals surface area contributed by atoms with Gasteiger partial charge in [-0.05, 0) is 45.9 Å². The first-order chi connectivity index (χ1) is 12.5. The molecule has 0 saturated carbocycles. The van der Waals surface area contributed by atoms with Crippen molar-refractivity contribution >= 4 is 35.3 Å². The van der Waals surface area contributed by atoms with E-state index in [0.29, 0.717) is 16.5 Å². The zero-order chi connectivity index (χ0) is 20.6. The number of hydrogen-bond acceptors (Lipinski definition) is 6. The molecule has 0 aromatic heterocycles.